The molecule has 1 aliphatic heterocycles. The van der Waals surface area contributed by atoms with Gasteiger partial charge < -0.3 is 4.74 Å². The summed E-state index contributed by atoms with van der Waals surface area (Å²) in [4.78, 5) is 13.6. The maximum absolute atomic E-state index is 11.4. The van der Waals surface area contributed by atoms with Crippen molar-refractivity contribution in [2.75, 3.05) is 19.4 Å². The predicted octanol–water partition coefficient (Wildman–Crippen LogP) is 1.37. The van der Waals surface area contributed by atoms with Crippen molar-refractivity contribution in [2.45, 2.75) is 38.1 Å². The molecule has 0 aromatic carbocycles. The lowest BCUT2D eigenvalue weighted by Crippen LogP contribution is -2.52. The van der Waals surface area contributed by atoms with Crippen LogP contribution in [0.4, 0.5) is 0 Å². The molecule has 0 spiro atoms. The van der Waals surface area contributed by atoms with Gasteiger partial charge in [0.2, 0.25) is 0 Å². The Bertz CT molecular complexity index is 210. The number of esters is 1. The fourth-order valence-corrected chi connectivity index (χ4v) is 2.93. The Morgan fingerprint density at radius 2 is 2.21 bits per heavy atom. The molecule has 1 saturated heterocycles. The number of methoxy groups -OCH3 is 1. The number of carbonyl (C=O) groups excluding carboxylic acids is 1. The average molecular weight is 217 g/mol. The quantitative estimate of drug-likeness (QED) is 0.653. The molecular weight excluding hydrogens is 198 g/mol. The van der Waals surface area contributed by atoms with Crippen molar-refractivity contribution in [1.29, 1.82) is 0 Å². The molecule has 4 heteroatoms. The van der Waals surface area contributed by atoms with Gasteiger partial charge in [-0.15, -0.1) is 0 Å². The van der Waals surface area contributed by atoms with Gasteiger partial charge in [0.15, 0.2) is 0 Å². The summed E-state index contributed by atoms with van der Waals surface area (Å²) < 4.78 is 4.76. The molecule has 0 bridgehead atoms. The Balaban J connectivity index is 2.61. The van der Waals surface area contributed by atoms with E-state index in [-0.39, 0.29) is 12.0 Å². The van der Waals surface area contributed by atoms with Crippen LogP contribution in [0.15, 0.2) is 0 Å². The molecular formula is C10H19NO2S. The van der Waals surface area contributed by atoms with Crippen molar-refractivity contribution in [3.8, 4) is 0 Å². The first-order valence-electron chi connectivity index (χ1n) is 5.03. The van der Waals surface area contributed by atoms with Gasteiger partial charge in [0.1, 0.15) is 6.04 Å². The van der Waals surface area contributed by atoms with Crippen molar-refractivity contribution in [1.82, 2.24) is 4.90 Å². The summed E-state index contributed by atoms with van der Waals surface area (Å²) in [5.74, 6) is 0.975. The van der Waals surface area contributed by atoms with Crippen molar-refractivity contribution in [3.63, 3.8) is 0 Å². The summed E-state index contributed by atoms with van der Waals surface area (Å²) in [6.45, 7) is 7.29. The number of hydrogen-bond acceptors (Lipinski definition) is 4. The van der Waals surface area contributed by atoms with E-state index in [0.717, 1.165) is 12.3 Å². The van der Waals surface area contributed by atoms with E-state index in [2.05, 4.69) is 18.7 Å². The number of thioether (sulfide) groups is 1. The number of ether oxygens (including phenoxy) is 1. The summed E-state index contributed by atoms with van der Waals surface area (Å²) in [6.07, 6.45) is 0. The monoisotopic (exact) mass is 217 g/mol. The fourth-order valence-electron chi connectivity index (χ4n) is 1.81. The van der Waals surface area contributed by atoms with Crippen LogP contribution in [0.1, 0.15) is 20.8 Å². The Morgan fingerprint density at radius 3 is 2.79 bits per heavy atom. The van der Waals surface area contributed by atoms with Crippen LogP contribution in [0.5, 0.6) is 0 Å². The molecule has 1 fully saturated rings. The summed E-state index contributed by atoms with van der Waals surface area (Å²) in [5, 5.41) is 0.593. The van der Waals surface area contributed by atoms with Crippen molar-refractivity contribution >= 4 is 17.7 Å². The predicted molar refractivity (Wildman–Crippen MR) is 59.6 cm³/mol. The van der Waals surface area contributed by atoms with Crippen molar-refractivity contribution in [3.05, 3.63) is 0 Å². The highest BCUT2D eigenvalue weighted by Crippen LogP contribution is 2.25. The number of hydrogen-bond donors (Lipinski definition) is 0. The van der Waals surface area contributed by atoms with Crippen LogP contribution in [0.2, 0.25) is 0 Å². The van der Waals surface area contributed by atoms with E-state index >= 15 is 0 Å². The number of nitrogens with zero attached hydrogens (tertiary/aromatic N) is 1. The van der Waals surface area contributed by atoms with Crippen LogP contribution in [0.3, 0.4) is 0 Å². The third-order valence-electron chi connectivity index (χ3n) is 2.97. The molecule has 14 heavy (non-hydrogen) atoms. The van der Waals surface area contributed by atoms with Gasteiger partial charge in [-0.1, -0.05) is 6.92 Å². The molecule has 0 N–H and O–H groups in total. The van der Waals surface area contributed by atoms with Crippen LogP contribution in [0.25, 0.3) is 0 Å². The van der Waals surface area contributed by atoms with E-state index in [0.29, 0.717) is 11.3 Å². The van der Waals surface area contributed by atoms with Crippen molar-refractivity contribution < 1.29 is 9.53 Å². The van der Waals surface area contributed by atoms with Gasteiger partial charge in [-0.3, -0.25) is 9.69 Å². The second kappa shape index (κ2) is 5.03. The van der Waals surface area contributed by atoms with E-state index in [1.165, 1.54) is 7.11 Å². The van der Waals surface area contributed by atoms with Gasteiger partial charge in [0.25, 0.3) is 0 Å². The Morgan fingerprint density at radius 1 is 1.57 bits per heavy atom. The highest BCUT2D eigenvalue weighted by molar-refractivity contribution is 8.00. The average Bonchev–Trinajstić information content (AvgIpc) is 2.20. The normalized spacial score (nSPS) is 31.1. The van der Waals surface area contributed by atoms with Crippen LogP contribution < -0.4 is 0 Å². The van der Waals surface area contributed by atoms with Crippen molar-refractivity contribution in [2.24, 2.45) is 0 Å². The molecule has 1 heterocycles. The second-order valence-corrected chi connectivity index (χ2v) is 5.24. The molecule has 0 amide bonds. The lowest BCUT2D eigenvalue weighted by atomic mass is 10.1. The van der Waals surface area contributed by atoms with Gasteiger partial charge >= 0.3 is 5.97 Å². The van der Waals surface area contributed by atoms with Crippen LogP contribution in [0, 0.1) is 0 Å². The molecule has 0 radical (unpaired) electrons. The lowest BCUT2D eigenvalue weighted by molar-refractivity contribution is -0.147. The van der Waals surface area contributed by atoms with E-state index in [1.54, 1.807) is 0 Å². The zero-order chi connectivity index (χ0) is 10.7. The fraction of sp³-hybridized carbons (Fsp3) is 0.900. The lowest BCUT2D eigenvalue weighted by Gasteiger charge is -2.40. The zero-order valence-corrected chi connectivity index (χ0v) is 10.1. The minimum absolute atomic E-state index is 0.113. The molecule has 1 aliphatic rings. The van der Waals surface area contributed by atoms with E-state index in [9.17, 15) is 4.79 Å². The smallest absolute Gasteiger partial charge is 0.322 e. The minimum Gasteiger partial charge on any atom is -0.468 e. The zero-order valence-electron chi connectivity index (χ0n) is 9.32. The first-order chi connectivity index (χ1) is 6.57. The van der Waals surface area contributed by atoms with Crippen LogP contribution in [-0.2, 0) is 9.53 Å². The maximum Gasteiger partial charge on any atom is 0.322 e. The highest BCUT2D eigenvalue weighted by atomic mass is 32.2. The summed E-state index contributed by atoms with van der Waals surface area (Å²) >= 11 is 1.97. The molecule has 3 atom stereocenters. The Labute approximate surface area is 90.2 Å². The standard InChI is InChI=1S/C10H19NO2S/c1-7-9(3)14-6-5-11(7)8(2)10(12)13-4/h7-9H,5-6H2,1-4H3. The first-order valence-corrected chi connectivity index (χ1v) is 6.08. The third kappa shape index (κ3) is 2.42. The first kappa shape index (κ1) is 11.9. The summed E-state index contributed by atoms with van der Waals surface area (Å²) in [6, 6.07) is 0.334. The van der Waals surface area contributed by atoms with Gasteiger partial charge in [0.05, 0.1) is 7.11 Å². The molecule has 0 saturated carbocycles. The van der Waals surface area contributed by atoms with Gasteiger partial charge in [-0.05, 0) is 13.8 Å². The molecule has 82 valence electrons. The largest absolute Gasteiger partial charge is 0.468 e. The van der Waals surface area contributed by atoms with Crippen LogP contribution in [-0.4, -0.2) is 47.6 Å². The molecule has 0 aromatic heterocycles. The van der Waals surface area contributed by atoms with Gasteiger partial charge in [0, 0.05) is 23.6 Å². The summed E-state index contributed by atoms with van der Waals surface area (Å²) in [7, 11) is 1.45. The third-order valence-corrected chi connectivity index (χ3v) is 4.31. The second-order valence-electron chi connectivity index (χ2n) is 3.75. The molecule has 0 aliphatic carbocycles. The number of rotatable bonds is 2. The molecule has 3 nitrogen and oxygen atoms in total. The number of carbonyl (C=O) groups is 1. The topological polar surface area (TPSA) is 29.5 Å². The minimum atomic E-state index is -0.129. The molecule has 0 aromatic rings. The molecule has 1 rings (SSSR count). The van der Waals surface area contributed by atoms with Gasteiger partial charge in [-0.25, -0.2) is 0 Å². The molecule has 3 unspecified atom stereocenters. The van der Waals surface area contributed by atoms with Crippen LogP contribution >= 0.6 is 11.8 Å². The SMILES string of the molecule is COC(=O)C(C)N1CCSC(C)C1C. The van der Waals surface area contributed by atoms with E-state index in [4.69, 9.17) is 4.74 Å². The highest BCUT2D eigenvalue weighted by Gasteiger charge is 2.32. The Kier molecular flexibility index (Phi) is 4.26. The maximum atomic E-state index is 11.4. The van der Waals surface area contributed by atoms with Gasteiger partial charge in [-0.2, -0.15) is 11.8 Å². The van der Waals surface area contributed by atoms with E-state index < -0.39 is 0 Å². The van der Waals surface area contributed by atoms with E-state index in [1.807, 2.05) is 18.7 Å². The Hall–Kier alpha value is -0.220. The summed E-state index contributed by atoms with van der Waals surface area (Å²) in [5.41, 5.74) is 0.